The molecule has 1 aromatic carbocycles. The fraction of sp³-hybridized carbons (Fsp3) is 0.250. The van der Waals surface area contributed by atoms with Crippen molar-refractivity contribution in [3.63, 3.8) is 0 Å². The summed E-state index contributed by atoms with van der Waals surface area (Å²) in [5.74, 6) is 1.20. The smallest absolute Gasteiger partial charge is 0.270 e. The van der Waals surface area contributed by atoms with E-state index < -0.39 is 12.7 Å². The van der Waals surface area contributed by atoms with Crippen molar-refractivity contribution in [1.29, 1.82) is 0 Å². The van der Waals surface area contributed by atoms with Crippen LogP contribution in [-0.4, -0.2) is 43.1 Å². The lowest BCUT2D eigenvalue weighted by atomic mass is 10.1. The first-order chi connectivity index (χ1) is 15.0. The molecule has 158 valence electrons. The van der Waals surface area contributed by atoms with Gasteiger partial charge in [0.2, 0.25) is 5.76 Å². The molecule has 0 aliphatic carbocycles. The normalized spacial score (nSPS) is 14.4. The van der Waals surface area contributed by atoms with E-state index in [1.54, 1.807) is 31.2 Å². The Balaban J connectivity index is 1.34. The van der Waals surface area contributed by atoms with Gasteiger partial charge in [-0.25, -0.2) is 24.4 Å². The molecule has 1 aliphatic heterocycles. The van der Waals surface area contributed by atoms with Crippen molar-refractivity contribution in [2.75, 3.05) is 12.5 Å². The predicted molar refractivity (Wildman–Crippen MR) is 109 cm³/mol. The molecule has 10 nitrogen and oxygen atoms in total. The minimum atomic E-state index is -0.546. The molecule has 0 fully saturated rings. The number of carbonyl (C=O) groups excluding carboxylic acids is 1. The highest BCUT2D eigenvalue weighted by atomic mass is 19.1. The molecular formula is C20H19FN8O2. The number of benzene rings is 1. The number of H-pyrrole nitrogens is 1. The van der Waals surface area contributed by atoms with Crippen molar-refractivity contribution >= 4 is 22.8 Å². The Morgan fingerprint density at radius 1 is 1.35 bits per heavy atom. The molecule has 4 aromatic rings. The number of hydrogen-bond acceptors (Lipinski definition) is 8. The maximum atomic E-state index is 12.9. The molecule has 4 heterocycles. The zero-order chi connectivity index (χ0) is 21.5. The van der Waals surface area contributed by atoms with E-state index in [4.69, 9.17) is 4.52 Å². The summed E-state index contributed by atoms with van der Waals surface area (Å²) >= 11 is 0. The van der Waals surface area contributed by atoms with Gasteiger partial charge in [0.1, 0.15) is 30.2 Å². The molecule has 1 amide bonds. The number of rotatable bonds is 5. The van der Waals surface area contributed by atoms with Crippen molar-refractivity contribution in [1.82, 2.24) is 35.4 Å². The number of fused-ring (bicyclic) bond motifs is 2. The first-order valence-electron chi connectivity index (χ1n) is 9.66. The van der Waals surface area contributed by atoms with E-state index in [1.165, 1.54) is 6.33 Å². The number of alkyl halides is 1. The molecule has 3 N–H and O–H groups in total. The van der Waals surface area contributed by atoms with E-state index in [0.717, 1.165) is 5.56 Å². The quantitative estimate of drug-likeness (QED) is 0.448. The maximum Gasteiger partial charge on any atom is 0.270 e. The number of aromatic nitrogens is 5. The second kappa shape index (κ2) is 7.43. The first-order valence-corrected chi connectivity index (χ1v) is 9.66. The molecule has 5 rings (SSSR count). The summed E-state index contributed by atoms with van der Waals surface area (Å²) in [6, 6.07) is 6.42. The molecule has 0 saturated carbocycles. The Bertz CT molecular complexity index is 1280. The van der Waals surface area contributed by atoms with Crippen molar-refractivity contribution in [3.05, 3.63) is 53.1 Å². The maximum absolute atomic E-state index is 12.9. The third-order valence-electron chi connectivity index (χ3n) is 5.11. The molecule has 3 aromatic heterocycles. The Morgan fingerprint density at radius 3 is 3.06 bits per heavy atom. The van der Waals surface area contributed by atoms with Crippen LogP contribution in [0.5, 0.6) is 0 Å². The van der Waals surface area contributed by atoms with Crippen LogP contribution in [0.1, 0.15) is 40.3 Å². The van der Waals surface area contributed by atoms with Crippen LogP contribution in [0, 0.1) is 0 Å². The van der Waals surface area contributed by atoms with Gasteiger partial charge >= 0.3 is 0 Å². The minimum absolute atomic E-state index is 0.318. The van der Waals surface area contributed by atoms with Gasteiger partial charge < -0.3 is 20.2 Å². The molecule has 11 heteroatoms. The van der Waals surface area contributed by atoms with Crippen molar-refractivity contribution in [3.8, 4) is 11.6 Å². The third kappa shape index (κ3) is 3.48. The highest BCUT2D eigenvalue weighted by Crippen LogP contribution is 2.26. The van der Waals surface area contributed by atoms with Gasteiger partial charge in [0, 0.05) is 25.2 Å². The van der Waals surface area contributed by atoms with E-state index >= 15 is 0 Å². The number of halogens is 1. The lowest BCUT2D eigenvalue weighted by Crippen LogP contribution is -2.28. The molecular weight excluding hydrogens is 403 g/mol. The van der Waals surface area contributed by atoms with Gasteiger partial charge in [0.05, 0.1) is 17.1 Å². The van der Waals surface area contributed by atoms with Crippen LogP contribution >= 0.6 is 0 Å². The zero-order valence-corrected chi connectivity index (χ0v) is 16.8. The number of anilines is 1. The average molecular weight is 422 g/mol. The average Bonchev–Trinajstić information content (AvgIpc) is 3.49. The number of hydrazine groups is 1. The van der Waals surface area contributed by atoms with Crippen LogP contribution in [-0.2, 0) is 13.2 Å². The lowest BCUT2D eigenvalue weighted by Gasteiger charge is -2.11. The molecule has 0 spiro atoms. The second-order valence-corrected chi connectivity index (χ2v) is 7.40. The van der Waals surface area contributed by atoms with Crippen LogP contribution in [0.3, 0.4) is 0 Å². The van der Waals surface area contributed by atoms with E-state index in [2.05, 4.69) is 35.8 Å². The van der Waals surface area contributed by atoms with Crippen LogP contribution < -0.4 is 10.7 Å². The van der Waals surface area contributed by atoms with Crippen molar-refractivity contribution < 1.29 is 13.7 Å². The van der Waals surface area contributed by atoms with Gasteiger partial charge in [-0.15, -0.1) is 0 Å². The van der Waals surface area contributed by atoms with Gasteiger partial charge in [0.25, 0.3) is 5.91 Å². The summed E-state index contributed by atoms with van der Waals surface area (Å²) in [5, 5.41) is 8.78. The van der Waals surface area contributed by atoms with Gasteiger partial charge in [-0.3, -0.25) is 4.79 Å². The highest BCUT2D eigenvalue weighted by molar-refractivity contribution is 5.95. The summed E-state index contributed by atoms with van der Waals surface area (Å²) < 4.78 is 18.3. The first kappa shape index (κ1) is 19.1. The predicted octanol–water partition coefficient (Wildman–Crippen LogP) is 2.74. The van der Waals surface area contributed by atoms with Crippen molar-refractivity contribution in [2.45, 2.75) is 26.2 Å². The molecule has 1 atom stereocenters. The van der Waals surface area contributed by atoms with Gasteiger partial charge in [-0.1, -0.05) is 11.2 Å². The monoisotopic (exact) mass is 422 g/mol. The Morgan fingerprint density at radius 2 is 2.23 bits per heavy atom. The molecule has 0 bridgehead atoms. The van der Waals surface area contributed by atoms with E-state index in [-0.39, 0.29) is 5.91 Å². The number of imidazole rings is 1. The fourth-order valence-electron chi connectivity index (χ4n) is 3.51. The molecule has 0 unspecified atom stereocenters. The summed E-state index contributed by atoms with van der Waals surface area (Å²) in [6.07, 6.45) is 1.36. The number of carbonyl (C=O) groups is 1. The molecule has 0 radical (unpaired) electrons. The van der Waals surface area contributed by atoms with Crippen molar-refractivity contribution in [2.24, 2.45) is 0 Å². The molecule has 1 aliphatic rings. The number of hydrogen-bond donors (Lipinski definition) is 3. The SMILES string of the molecule is C[C@H](NC(=O)c1ncnc2c1CN(C)N2)c1cc(-c2nc3ccc(CF)cc3[nH]2)on1. The standard InChI is InChI=1S/C20H19FN8O2/c1-10(24-20(30)17-12-8-29(2)27-18(12)23-9-22-17)14-6-16(31-28-14)19-25-13-4-3-11(7-21)5-15(13)26-19/h3-6,9-10H,7-8H2,1-2H3,(H,24,30)(H,25,26)(H,22,23,27)/t10-/m0/s1. The lowest BCUT2D eigenvalue weighted by molar-refractivity contribution is 0.0932. The fourth-order valence-corrected chi connectivity index (χ4v) is 3.51. The van der Waals surface area contributed by atoms with Gasteiger partial charge in [-0.2, -0.15) is 0 Å². The topological polar surface area (TPSA) is 125 Å². The molecule has 31 heavy (non-hydrogen) atoms. The largest absolute Gasteiger partial charge is 0.353 e. The zero-order valence-electron chi connectivity index (χ0n) is 16.8. The summed E-state index contributed by atoms with van der Waals surface area (Å²) in [4.78, 5) is 28.7. The van der Waals surface area contributed by atoms with Gasteiger partial charge in [-0.05, 0) is 24.6 Å². The third-order valence-corrected chi connectivity index (χ3v) is 5.11. The second-order valence-electron chi connectivity index (χ2n) is 7.40. The number of aromatic amines is 1. The van der Waals surface area contributed by atoms with Crippen LogP contribution in [0.4, 0.5) is 10.2 Å². The summed E-state index contributed by atoms with van der Waals surface area (Å²) in [6.45, 7) is 1.78. The number of nitrogens with one attached hydrogen (secondary N) is 3. The van der Waals surface area contributed by atoms with E-state index in [0.29, 0.717) is 51.9 Å². The summed E-state index contributed by atoms with van der Waals surface area (Å²) in [7, 11) is 1.86. The Hall–Kier alpha value is -3.86. The minimum Gasteiger partial charge on any atom is -0.353 e. The van der Waals surface area contributed by atoms with Gasteiger partial charge in [0.15, 0.2) is 5.82 Å². The Labute approximate surface area is 175 Å². The summed E-state index contributed by atoms with van der Waals surface area (Å²) in [5.41, 5.74) is 6.63. The van der Waals surface area contributed by atoms with Crippen LogP contribution in [0.15, 0.2) is 35.1 Å². The Kier molecular flexibility index (Phi) is 4.59. The molecule has 0 saturated heterocycles. The van der Waals surface area contributed by atoms with E-state index in [9.17, 15) is 9.18 Å². The number of nitrogens with zero attached hydrogens (tertiary/aromatic N) is 5. The van der Waals surface area contributed by atoms with Crippen LogP contribution in [0.2, 0.25) is 0 Å². The highest BCUT2D eigenvalue weighted by Gasteiger charge is 2.26. The number of amides is 1. The van der Waals surface area contributed by atoms with E-state index in [1.807, 2.05) is 12.1 Å². The van der Waals surface area contributed by atoms with Crippen LogP contribution in [0.25, 0.3) is 22.6 Å².